The Morgan fingerprint density at radius 2 is 1.80 bits per heavy atom. The van der Waals surface area contributed by atoms with Gasteiger partial charge in [-0.25, -0.2) is 4.98 Å². The number of benzene rings is 1. The van der Waals surface area contributed by atoms with Gasteiger partial charge in [-0.15, -0.1) is 0 Å². The fourth-order valence-corrected chi connectivity index (χ4v) is 3.57. The molecule has 0 radical (unpaired) electrons. The number of fused-ring (bicyclic) bond motifs is 1. The van der Waals surface area contributed by atoms with Crippen LogP contribution in [0.1, 0.15) is 31.7 Å². The van der Waals surface area contributed by atoms with Crippen molar-refractivity contribution < 1.29 is 0 Å². The average molecular weight is 357 g/mol. The molecular formula is C18H21ClN6. The van der Waals surface area contributed by atoms with Crippen LogP contribution in [0.25, 0.3) is 11.2 Å². The van der Waals surface area contributed by atoms with Gasteiger partial charge in [0, 0.05) is 24.8 Å². The highest BCUT2D eigenvalue weighted by Gasteiger charge is 2.21. The smallest absolute Gasteiger partial charge is 0.226 e. The molecule has 0 saturated heterocycles. The van der Waals surface area contributed by atoms with Crippen LogP contribution in [0, 0.1) is 0 Å². The van der Waals surface area contributed by atoms with Crippen molar-refractivity contribution in [2.24, 2.45) is 0 Å². The minimum absolute atomic E-state index is 0.255. The minimum Gasteiger partial charge on any atom is -0.383 e. The predicted molar refractivity (Wildman–Crippen MR) is 101 cm³/mol. The Morgan fingerprint density at radius 3 is 2.60 bits per heavy atom. The molecule has 2 heterocycles. The molecule has 2 aromatic heterocycles. The molecule has 2 N–H and O–H groups in total. The van der Waals surface area contributed by atoms with Gasteiger partial charge in [-0.3, -0.25) is 0 Å². The number of nitrogens with zero attached hydrogens (tertiary/aromatic N) is 4. The maximum atomic E-state index is 6.15. The second kappa shape index (κ2) is 7.27. The van der Waals surface area contributed by atoms with E-state index in [-0.39, 0.29) is 5.28 Å². The molecule has 130 valence electrons. The quantitative estimate of drug-likeness (QED) is 0.513. The number of rotatable bonds is 6. The molecule has 6 nitrogen and oxygen atoms in total. The van der Waals surface area contributed by atoms with Crippen LogP contribution >= 0.6 is 11.6 Å². The summed E-state index contributed by atoms with van der Waals surface area (Å²) in [6.07, 6.45) is 6.76. The van der Waals surface area contributed by atoms with Gasteiger partial charge in [0.25, 0.3) is 0 Å². The van der Waals surface area contributed by atoms with Crippen molar-refractivity contribution in [3.8, 4) is 0 Å². The summed E-state index contributed by atoms with van der Waals surface area (Å²) in [4.78, 5) is 13.3. The van der Waals surface area contributed by atoms with Gasteiger partial charge >= 0.3 is 0 Å². The molecule has 0 spiro atoms. The Hall–Kier alpha value is -2.34. The Bertz CT molecular complexity index is 841. The lowest BCUT2D eigenvalue weighted by atomic mass is 10.2. The lowest BCUT2D eigenvalue weighted by Crippen LogP contribution is -2.15. The van der Waals surface area contributed by atoms with Gasteiger partial charge in [0.1, 0.15) is 0 Å². The van der Waals surface area contributed by atoms with Gasteiger partial charge < -0.3 is 15.2 Å². The number of hydrogen-bond acceptors (Lipinski definition) is 5. The van der Waals surface area contributed by atoms with Crippen molar-refractivity contribution in [3.05, 3.63) is 41.9 Å². The fraction of sp³-hybridized carbons (Fsp3) is 0.389. The molecule has 0 aliphatic heterocycles. The molecule has 3 aromatic rings. The first-order valence-corrected chi connectivity index (χ1v) is 9.12. The summed E-state index contributed by atoms with van der Waals surface area (Å²) in [6, 6.07) is 10.6. The maximum absolute atomic E-state index is 6.15. The van der Waals surface area contributed by atoms with Gasteiger partial charge in [-0.2, -0.15) is 9.97 Å². The topological polar surface area (TPSA) is 67.7 Å². The van der Waals surface area contributed by atoms with E-state index < -0.39 is 0 Å². The zero-order valence-corrected chi connectivity index (χ0v) is 14.7. The van der Waals surface area contributed by atoms with E-state index in [9.17, 15) is 0 Å². The number of aromatic nitrogens is 4. The van der Waals surface area contributed by atoms with Crippen LogP contribution in [0.5, 0.6) is 0 Å². The summed E-state index contributed by atoms with van der Waals surface area (Å²) in [5.74, 6) is 0.696. The van der Waals surface area contributed by atoms with Gasteiger partial charge in [-0.1, -0.05) is 31.0 Å². The number of halogens is 1. The molecule has 1 aliphatic rings. The largest absolute Gasteiger partial charge is 0.383 e. The van der Waals surface area contributed by atoms with E-state index in [1.54, 1.807) is 0 Å². The second-order valence-electron chi connectivity index (χ2n) is 6.32. The van der Waals surface area contributed by atoms with Gasteiger partial charge in [0.2, 0.25) is 5.28 Å². The molecule has 0 unspecified atom stereocenters. The molecule has 0 amide bonds. The molecule has 25 heavy (non-hydrogen) atoms. The summed E-state index contributed by atoms with van der Waals surface area (Å²) in [6.45, 7) is 1.49. The van der Waals surface area contributed by atoms with Crippen LogP contribution < -0.4 is 10.6 Å². The molecule has 0 bridgehead atoms. The number of anilines is 2. The first kappa shape index (κ1) is 16.1. The lowest BCUT2D eigenvalue weighted by molar-refractivity contribution is 0.529. The highest BCUT2D eigenvalue weighted by molar-refractivity contribution is 6.28. The Kier molecular flexibility index (Phi) is 4.70. The second-order valence-corrected chi connectivity index (χ2v) is 6.66. The van der Waals surface area contributed by atoms with Crippen LogP contribution in [-0.4, -0.2) is 32.6 Å². The van der Waals surface area contributed by atoms with Crippen LogP contribution in [0.2, 0.25) is 5.28 Å². The van der Waals surface area contributed by atoms with E-state index in [0.29, 0.717) is 18.4 Å². The molecule has 7 heteroatoms. The standard InChI is InChI=1S/C18H21ClN6/c19-18-23-16(21-11-10-20-13-6-2-1-3-7-13)15-17(24-18)25(12-22-15)14-8-4-5-9-14/h1-3,6-7,12,14,20H,4-5,8-11H2,(H,21,23,24). The van der Waals surface area contributed by atoms with Gasteiger partial charge in [0.15, 0.2) is 17.0 Å². The predicted octanol–water partition coefficient (Wildman–Crippen LogP) is 4.12. The summed E-state index contributed by atoms with van der Waals surface area (Å²) in [5, 5.41) is 6.95. The Morgan fingerprint density at radius 1 is 1.04 bits per heavy atom. The highest BCUT2D eigenvalue weighted by atomic mass is 35.5. The summed E-state index contributed by atoms with van der Waals surface area (Å²) in [7, 11) is 0. The number of para-hydroxylation sites is 1. The summed E-state index contributed by atoms with van der Waals surface area (Å²) < 4.78 is 2.16. The average Bonchev–Trinajstić information content (AvgIpc) is 3.28. The van der Waals surface area contributed by atoms with E-state index in [1.807, 2.05) is 36.7 Å². The molecule has 1 aliphatic carbocycles. The third-order valence-electron chi connectivity index (χ3n) is 4.63. The number of hydrogen-bond donors (Lipinski definition) is 2. The van der Waals surface area contributed by atoms with Crippen LogP contribution in [0.15, 0.2) is 36.7 Å². The molecule has 1 fully saturated rings. The van der Waals surface area contributed by atoms with Gasteiger partial charge in [0.05, 0.1) is 6.33 Å². The van der Waals surface area contributed by atoms with Crippen molar-refractivity contribution in [1.82, 2.24) is 19.5 Å². The number of imidazole rings is 1. The van der Waals surface area contributed by atoms with Crippen molar-refractivity contribution in [2.75, 3.05) is 23.7 Å². The van der Waals surface area contributed by atoms with Crippen LogP contribution in [0.3, 0.4) is 0 Å². The normalized spacial score (nSPS) is 14.9. The summed E-state index contributed by atoms with van der Waals surface area (Å²) >= 11 is 6.15. The van der Waals surface area contributed by atoms with Crippen molar-refractivity contribution in [2.45, 2.75) is 31.7 Å². The SMILES string of the molecule is Clc1nc(NCCNc2ccccc2)c2ncn(C3CCCC3)c2n1. The van der Waals surface area contributed by atoms with Crippen LogP contribution in [0.4, 0.5) is 11.5 Å². The summed E-state index contributed by atoms with van der Waals surface area (Å²) in [5.41, 5.74) is 2.71. The minimum atomic E-state index is 0.255. The third kappa shape index (κ3) is 3.54. The molecule has 1 aromatic carbocycles. The zero-order chi connectivity index (χ0) is 17.1. The van der Waals surface area contributed by atoms with Crippen molar-refractivity contribution in [3.63, 3.8) is 0 Å². The molecule has 4 rings (SSSR count). The van der Waals surface area contributed by atoms with Gasteiger partial charge in [-0.05, 0) is 36.6 Å². The lowest BCUT2D eigenvalue weighted by Gasteiger charge is -2.12. The van der Waals surface area contributed by atoms with E-state index in [1.165, 1.54) is 25.7 Å². The van der Waals surface area contributed by atoms with E-state index in [0.717, 1.165) is 23.4 Å². The molecule has 1 saturated carbocycles. The molecule has 0 atom stereocenters. The Labute approximate surface area is 151 Å². The monoisotopic (exact) mass is 356 g/mol. The van der Waals surface area contributed by atoms with E-state index >= 15 is 0 Å². The van der Waals surface area contributed by atoms with E-state index in [2.05, 4.69) is 30.2 Å². The zero-order valence-electron chi connectivity index (χ0n) is 14.0. The van der Waals surface area contributed by atoms with Crippen molar-refractivity contribution >= 4 is 34.3 Å². The first-order valence-electron chi connectivity index (χ1n) is 8.74. The third-order valence-corrected chi connectivity index (χ3v) is 4.80. The highest BCUT2D eigenvalue weighted by Crippen LogP contribution is 2.32. The molecular weight excluding hydrogens is 336 g/mol. The van der Waals surface area contributed by atoms with Crippen LogP contribution in [-0.2, 0) is 0 Å². The van der Waals surface area contributed by atoms with E-state index in [4.69, 9.17) is 11.6 Å². The Balaban J connectivity index is 1.47. The fourth-order valence-electron chi connectivity index (χ4n) is 3.41. The maximum Gasteiger partial charge on any atom is 0.226 e. The number of nitrogens with one attached hydrogen (secondary N) is 2. The first-order chi connectivity index (χ1) is 12.3. The van der Waals surface area contributed by atoms with Crippen molar-refractivity contribution in [1.29, 1.82) is 0 Å².